The number of H-pyrrole nitrogens is 1. The van der Waals surface area contributed by atoms with Gasteiger partial charge in [-0.25, -0.2) is 8.42 Å². The minimum Gasteiger partial charge on any atom is -0.360 e. The second kappa shape index (κ2) is 6.67. The topological polar surface area (TPSA) is 53.2 Å². The van der Waals surface area contributed by atoms with Crippen LogP contribution in [0.1, 0.15) is 24.0 Å². The van der Waals surface area contributed by atoms with E-state index in [0.717, 1.165) is 33.9 Å². The zero-order valence-electron chi connectivity index (χ0n) is 11.9. The Hall–Kier alpha value is 0.310. The van der Waals surface area contributed by atoms with Crippen LogP contribution in [0.25, 0.3) is 10.9 Å². The minimum atomic E-state index is -3.06. The second-order valence-electron chi connectivity index (χ2n) is 5.74. The van der Waals surface area contributed by atoms with Crippen molar-refractivity contribution >= 4 is 64.4 Å². The third-order valence-corrected chi connectivity index (χ3v) is 7.02. The number of halogens is 2. The van der Waals surface area contributed by atoms with E-state index in [1.807, 2.05) is 12.1 Å². The summed E-state index contributed by atoms with van der Waals surface area (Å²) in [5.74, 6) is 0.0614. The van der Waals surface area contributed by atoms with Gasteiger partial charge in [-0.05, 0) is 58.5 Å². The highest BCUT2D eigenvalue weighted by atomic mass is 127. The van der Waals surface area contributed by atoms with Crippen LogP contribution in [-0.2, 0) is 19.2 Å². The Balaban J connectivity index is 1.97. The Labute approximate surface area is 153 Å². The molecule has 1 fully saturated rings. The number of rotatable bonds is 4. The summed E-state index contributed by atoms with van der Waals surface area (Å²) in [5, 5.41) is 1.12. The molecule has 3 rings (SSSR count). The fourth-order valence-electron chi connectivity index (χ4n) is 3.08. The van der Waals surface area contributed by atoms with Gasteiger partial charge in [-0.15, -0.1) is 0 Å². The van der Waals surface area contributed by atoms with Crippen LogP contribution in [0, 0.1) is 0 Å². The number of aromatic nitrogens is 1. The van der Waals surface area contributed by atoms with E-state index in [9.17, 15) is 8.42 Å². The van der Waals surface area contributed by atoms with Crippen LogP contribution in [0.3, 0.4) is 0 Å². The molecule has 22 heavy (non-hydrogen) atoms. The Kier molecular flexibility index (Phi) is 5.20. The number of fused-ring (bicyclic) bond motifs is 1. The number of nitrogens with zero attached hydrogens (tertiary/aromatic N) is 1. The van der Waals surface area contributed by atoms with Crippen LogP contribution < -0.4 is 0 Å². The van der Waals surface area contributed by atoms with Crippen LogP contribution in [-0.4, -0.2) is 30.7 Å². The molecule has 2 aromatic rings. The monoisotopic (exact) mass is 514 g/mol. The third-order valence-electron chi connectivity index (χ3n) is 4.10. The van der Waals surface area contributed by atoms with Gasteiger partial charge < -0.3 is 4.98 Å². The molecule has 1 aromatic carbocycles. The van der Waals surface area contributed by atoms with Crippen molar-refractivity contribution in [2.45, 2.75) is 31.1 Å². The summed E-state index contributed by atoms with van der Waals surface area (Å²) in [6, 6.07) is 4.43. The van der Waals surface area contributed by atoms with Gasteiger partial charge in [-0.2, -0.15) is 0 Å². The largest absolute Gasteiger partial charge is 0.360 e. The first-order valence-electron chi connectivity index (χ1n) is 7.05. The lowest BCUT2D eigenvalue weighted by Gasteiger charge is -2.18. The first-order valence-corrected chi connectivity index (χ1v) is 12.6. The molecule has 1 unspecified atom stereocenters. The van der Waals surface area contributed by atoms with Crippen molar-refractivity contribution in [3.63, 3.8) is 0 Å². The molecule has 2 atom stereocenters. The molecule has 1 aliphatic heterocycles. The maximum absolute atomic E-state index is 11.5. The zero-order chi connectivity index (χ0) is 15.9. The molecule has 0 amide bonds. The van der Waals surface area contributed by atoms with E-state index in [4.69, 9.17) is 0 Å². The summed E-state index contributed by atoms with van der Waals surface area (Å²) in [5.41, 5.74) is 3.12. The standard InChI is InChI=1S/C14H17BrIN2O2PS/c15-13-5-9(8-22(16,19)20)4-12-10(7-17-14(12)13)6-11-2-1-3-18(11)21/h4-5,7,11,17H,1-3,6,8,21H2/t11-/m1/s1. The molecule has 1 aromatic heterocycles. The van der Waals surface area contributed by atoms with E-state index >= 15 is 0 Å². The lowest BCUT2D eigenvalue weighted by Crippen LogP contribution is -2.21. The molecule has 0 saturated carbocycles. The number of nitrogens with one attached hydrogen (secondary N) is 1. The van der Waals surface area contributed by atoms with Gasteiger partial charge in [0.25, 0.3) is 0 Å². The first kappa shape index (κ1) is 17.1. The van der Waals surface area contributed by atoms with Crippen LogP contribution in [0.2, 0.25) is 0 Å². The van der Waals surface area contributed by atoms with Crippen LogP contribution in [0.15, 0.2) is 22.8 Å². The molecule has 2 heterocycles. The third kappa shape index (κ3) is 3.86. The molecule has 1 aliphatic rings. The van der Waals surface area contributed by atoms with Gasteiger partial charge >= 0.3 is 0 Å². The first-order chi connectivity index (χ1) is 10.3. The van der Waals surface area contributed by atoms with Gasteiger partial charge in [0.15, 0.2) is 0 Å². The summed E-state index contributed by atoms with van der Waals surface area (Å²) in [6.45, 7) is 1.12. The smallest absolute Gasteiger partial charge is 0.207 e. The van der Waals surface area contributed by atoms with Crippen molar-refractivity contribution in [3.8, 4) is 0 Å². The molecular formula is C14H17BrIN2O2PS. The summed E-state index contributed by atoms with van der Waals surface area (Å²) in [6.07, 6.45) is 5.47. The highest BCUT2D eigenvalue weighted by molar-refractivity contribution is 14.2. The Morgan fingerprint density at radius 3 is 2.86 bits per heavy atom. The van der Waals surface area contributed by atoms with Crippen LogP contribution >= 0.6 is 46.5 Å². The number of hydrogen-bond donors (Lipinski definition) is 1. The van der Waals surface area contributed by atoms with E-state index in [2.05, 4.69) is 41.2 Å². The average molecular weight is 515 g/mol. The number of aromatic amines is 1. The molecule has 0 radical (unpaired) electrons. The van der Waals surface area contributed by atoms with Crippen LogP contribution in [0.5, 0.6) is 0 Å². The molecule has 0 bridgehead atoms. The number of hydrogen-bond acceptors (Lipinski definition) is 3. The van der Waals surface area contributed by atoms with E-state index in [1.54, 1.807) is 0 Å². The Bertz CT molecular complexity index is 809. The average Bonchev–Trinajstić information content (AvgIpc) is 2.96. The van der Waals surface area contributed by atoms with Gasteiger partial charge in [-0.1, -0.05) is 9.39 Å². The molecular weight excluding hydrogens is 498 g/mol. The summed E-state index contributed by atoms with van der Waals surface area (Å²) in [4.78, 5) is 3.31. The van der Waals surface area contributed by atoms with Gasteiger partial charge in [0, 0.05) is 28.6 Å². The quantitative estimate of drug-likeness (QED) is 0.381. The van der Waals surface area contributed by atoms with Gasteiger partial charge in [-0.3, -0.25) is 4.67 Å². The van der Waals surface area contributed by atoms with Crippen molar-refractivity contribution in [2.24, 2.45) is 0 Å². The summed E-state index contributed by atoms with van der Waals surface area (Å²) in [7, 11) is -0.245. The predicted molar refractivity (Wildman–Crippen MR) is 106 cm³/mol. The van der Waals surface area contributed by atoms with Gasteiger partial charge in [0.05, 0.1) is 32.5 Å². The van der Waals surface area contributed by atoms with Crippen molar-refractivity contribution in [1.82, 2.24) is 9.65 Å². The molecule has 0 aliphatic carbocycles. The van der Waals surface area contributed by atoms with E-state index in [0.29, 0.717) is 6.04 Å². The minimum absolute atomic E-state index is 0.0614. The Morgan fingerprint density at radius 1 is 1.45 bits per heavy atom. The van der Waals surface area contributed by atoms with Crippen molar-refractivity contribution in [2.75, 3.05) is 6.54 Å². The van der Waals surface area contributed by atoms with Crippen LogP contribution in [0.4, 0.5) is 0 Å². The van der Waals surface area contributed by atoms with Crippen molar-refractivity contribution in [3.05, 3.63) is 33.9 Å². The lowest BCUT2D eigenvalue weighted by atomic mass is 10.0. The molecule has 8 heteroatoms. The van der Waals surface area contributed by atoms with E-state index in [1.165, 1.54) is 39.6 Å². The predicted octanol–water partition coefficient (Wildman–Crippen LogP) is 3.99. The normalized spacial score (nSPS) is 20.0. The molecule has 1 N–H and O–H groups in total. The summed E-state index contributed by atoms with van der Waals surface area (Å²) < 4.78 is 26.3. The maximum atomic E-state index is 11.5. The lowest BCUT2D eigenvalue weighted by molar-refractivity contribution is 0.433. The van der Waals surface area contributed by atoms with Gasteiger partial charge in [0.1, 0.15) is 0 Å². The fraction of sp³-hybridized carbons (Fsp3) is 0.429. The maximum Gasteiger partial charge on any atom is 0.207 e. The highest BCUT2D eigenvalue weighted by Crippen LogP contribution is 2.32. The molecule has 0 spiro atoms. The SMILES string of the molecule is O=S(=O)(I)Cc1cc(Br)c2[nH]cc(C[C@H]3CCCN3P)c2c1. The summed E-state index contributed by atoms with van der Waals surface area (Å²) >= 11 is 5.06. The molecule has 120 valence electrons. The molecule has 1 saturated heterocycles. The number of benzene rings is 1. The van der Waals surface area contributed by atoms with E-state index < -0.39 is 7.01 Å². The van der Waals surface area contributed by atoms with E-state index in [-0.39, 0.29) is 5.75 Å². The highest BCUT2D eigenvalue weighted by Gasteiger charge is 2.23. The van der Waals surface area contributed by atoms with Crippen molar-refractivity contribution in [1.29, 1.82) is 0 Å². The zero-order valence-corrected chi connectivity index (χ0v) is 17.6. The van der Waals surface area contributed by atoms with Crippen molar-refractivity contribution < 1.29 is 8.42 Å². The molecule has 4 nitrogen and oxygen atoms in total. The van der Waals surface area contributed by atoms with Gasteiger partial charge in [0.2, 0.25) is 7.01 Å². The fourth-order valence-corrected chi connectivity index (χ4v) is 5.78. The Morgan fingerprint density at radius 2 is 2.23 bits per heavy atom. The second-order valence-corrected chi connectivity index (χ2v) is 12.6.